The molecule has 17 heavy (non-hydrogen) atoms. The Balaban J connectivity index is 2.55. The molecule has 102 valence electrons. The molecule has 1 heterocycles. The van der Waals surface area contributed by atoms with Crippen molar-refractivity contribution in [2.45, 2.75) is 38.2 Å². The van der Waals surface area contributed by atoms with E-state index in [-0.39, 0.29) is 11.0 Å². The van der Waals surface area contributed by atoms with Crippen LogP contribution in [0.1, 0.15) is 26.7 Å². The summed E-state index contributed by atoms with van der Waals surface area (Å²) in [6.07, 6.45) is 0.512. The molecule has 0 aromatic rings. The van der Waals surface area contributed by atoms with E-state index in [1.807, 2.05) is 13.8 Å². The number of rotatable bonds is 7. The topological polar surface area (TPSA) is 61.8 Å². The van der Waals surface area contributed by atoms with Gasteiger partial charge in [0.2, 0.25) is 0 Å². The van der Waals surface area contributed by atoms with Gasteiger partial charge < -0.3 is 14.2 Å². The average molecular weight is 266 g/mol. The van der Waals surface area contributed by atoms with Crippen LogP contribution in [0.3, 0.4) is 0 Å². The fourth-order valence-corrected chi connectivity index (χ4v) is 3.63. The predicted molar refractivity (Wildman–Crippen MR) is 64.7 cm³/mol. The first-order chi connectivity index (χ1) is 8.10. The van der Waals surface area contributed by atoms with Crippen molar-refractivity contribution in [3.05, 3.63) is 0 Å². The number of ether oxygens (including phenoxy) is 3. The lowest BCUT2D eigenvalue weighted by molar-refractivity contribution is -0.121. The Labute approximate surface area is 103 Å². The van der Waals surface area contributed by atoms with E-state index in [0.29, 0.717) is 39.3 Å². The third kappa shape index (κ3) is 4.91. The zero-order valence-electron chi connectivity index (χ0n) is 10.6. The SMILES string of the molecule is CCOC(CS(=O)(=O)C1CCOCC1)OCC. The van der Waals surface area contributed by atoms with Crippen molar-refractivity contribution in [3.8, 4) is 0 Å². The van der Waals surface area contributed by atoms with Crippen LogP contribution in [-0.4, -0.2) is 52.1 Å². The normalized spacial score (nSPS) is 18.8. The standard InChI is InChI=1S/C11H22O5S/c1-3-15-11(16-4-2)9-17(12,13)10-5-7-14-8-6-10/h10-11H,3-9H2,1-2H3. The van der Waals surface area contributed by atoms with Gasteiger partial charge in [-0.15, -0.1) is 0 Å². The summed E-state index contributed by atoms with van der Waals surface area (Å²) in [4.78, 5) is 0. The van der Waals surface area contributed by atoms with Gasteiger partial charge in [0.15, 0.2) is 16.1 Å². The zero-order chi connectivity index (χ0) is 12.7. The van der Waals surface area contributed by atoms with Crippen LogP contribution in [-0.2, 0) is 24.0 Å². The van der Waals surface area contributed by atoms with Gasteiger partial charge in [0.25, 0.3) is 0 Å². The Hall–Kier alpha value is -0.170. The number of hydrogen-bond donors (Lipinski definition) is 0. The molecule has 1 aliphatic heterocycles. The summed E-state index contributed by atoms with van der Waals surface area (Å²) in [6, 6.07) is 0. The highest BCUT2D eigenvalue weighted by Crippen LogP contribution is 2.18. The Morgan fingerprint density at radius 3 is 2.18 bits per heavy atom. The van der Waals surface area contributed by atoms with Crippen molar-refractivity contribution < 1.29 is 22.6 Å². The van der Waals surface area contributed by atoms with Crippen molar-refractivity contribution in [2.24, 2.45) is 0 Å². The van der Waals surface area contributed by atoms with E-state index in [1.54, 1.807) is 0 Å². The van der Waals surface area contributed by atoms with Crippen LogP contribution in [0.15, 0.2) is 0 Å². The van der Waals surface area contributed by atoms with Crippen LogP contribution in [0.5, 0.6) is 0 Å². The van der Waals surface area contributed by atoms with Crippen LogP contribution in [0.4, 0.5) is 0 Å². The molecule has 1 rings (SSSR count). The van der Waals surface area contributed by atoms with E-state index >= 15 is 0 Å². The molecule has 0 N–H and O–H groups in total. The summed E-state index contributed by atoms with van der Waals surface area (Å²) in [7, 11) is -3.16. The van der Waals surface area contributed by atoms with E-state index in [4.69, 9.17) is 14.2 Å². The van der Waals surface area contributed by atoms with Gasteiger partial charge in [-0.1, -0.05) is 0 Å². The summed E-state index contributed by atoms with van der Waals surface area (Å²) < 4.78 is 40.0. The number of hydrogen-bond acceptors (Lipinski definition) is 5. The van der Waals surface area contributed by atoms with Crippen LogP contribution in [0, 0.1) is 0 Å². The molecule has 0 spiro atoms. The molecule has 0 bridgehead atoms. The van der Waals surface area contributed by atoms with Gasteiger partial charge in [0, 0.05) is 26.4 Å². The molecule has 1 aliphatic rings. The van der Waals surface area contributed by atoms with Crippen LogP contribution in [0.25, 0.3) is 0 Å². The molecule has 1 fully saturated rings. The lowest BCUT2D eigenvalue weighted by Crippen LogP contribution is -2.36. The second kappa shape index (κ2) is 7.31. The zero-order valence-corrected chi connectivity index (χ0v) is 11.4. The summed E-state index contributed by atoms with van der Waals surface area (Å²) in [6.45, 7) is 5.61. The Bertz CT molecular complexity index is 289. The van der Waals surface area contributed by atoms with Gasteiger partial charge in [0.05, 0.1) is 5.25 Å². The monoisotopic (exact) mass is 266 g/mol. The summed E-state index contributed by atoms with van der Waals surface area (Å²) in [5.74, 6) is -0.0562. The highest BCUT2D eigenvalue weighted by molar-refractivity contribution is 7.92. The quantitative estimate of drug-likeness (QED) is 0.643. The molecule has 0 aromatic heterocycles. The van der Waals surface area contributed by atoms with Crippen molar-refractivity contribution in [3.63, 3.8) is 0 Å². The first kappa shape index (κ1) is 14.9. The maximum Gasteiger partial charge on any atom is 0.171 e. The second-order valence-corrected chi connectivity index (χ2v) is 6.31. The van der Waals surface area contributed by atoms with Gasteiger partial charge in [0.1, 0.15) is 5.75 Å². The first-order valence-corrected chi connectivity index (χ1v) is 7.84. The Morgan fingerprint density at radius 2 is 1.71 bits per heavy atom. The molecule has 0 unspecified atom stereocenters. The van der Waals surface area contributed by atoms with Crippen molar-refractivity contribution in [1.29, 1.82) is 0 Å². The highest BCUT2D eigenvalue weighted by Gasteiger charge is 2.30. The van der Waals surface area contributed by atoms with Crippen molar-refractivity contribution in [2.75, 3.05) is 32.2 Å². The van der Waals surface area contributed by atoms with Gasteiger partial charge in [-0.05, 0) is 26.7 Å². The molecule has 0 radical (unpaired) electrons. The summed E-state index contributed by atoms with van der Waals surface area (Å²) >= 11 is 0. The van der Waals surface area contributed by atoms with Gasteiger partial charge >= 0.3 is 0 Å². The molecule has 0 aliphatic carbocycles. The molecular formula is C11H22O5S. The lowest BCUT2D eigenvalue weighted by atomic mass is 10.2. The van der Waals surface area contributed by atoms with Crippen molar-refractivity contribution in [1.82, 2.24) is 0 Å². The number of sulfone groups is 1. The minimum absolute atomic E-state index is 0.0562. The minimum atomic E-state index is -3.16. The van der Waals surface area contributed by atoms with Gasteiger partial charge in [-0.25, -0.2) is 8.42 Å². The van der Waals surface area contributed by atoms with E-state index in [2.05, 4.69) is 0 Å². The van der Waals surface area contributed by atoms with Gasteiger partial charge in [-0.3, -0.25) is 0 Å². The molecule has 6 heteroatoms. The molecular weight excluding hydrogens is 244 g/mol. The maximum absolute atomic E-state index is 12.1. The molecule has 0 saturated carbocycles. The van der Waals surface area contributed by atoms with Crippen LogP contribution >= 0.6 is 0 Å². The fraction of sp³-hybridized carbons (Fsp3) is 1.00. The van der Waals surface area contributed by atoms with E-state index in [0.717, 1.165) is 0 Å². The highest BCUT2D eigenvalue weighted by atomic mass is 32.2. The Kier molecular flexibility index (Phi) is 6.40. The average Bonchev–Trinajstić information content (AvgIpc) is 2.30. The third-order valence-electron chi connectivity index (χ3n) is 2.75. The fourth-order valence-electron chi connectivity index (χ4n) is 1.88. The molecule has 0 atom stereocenters. The minimum Gasteiger partial charge on any atom is -0.381 e. The Morgan fingerprint density at radius 1 is 1.18 bits per heavy atom. The molecule has 0 aromatic carbocycles. The molecule has 5 nitrogen and oxygen atoms in total. The third-order valence-corrected chi connectivity index (χ3v) is 4.97. The van der Waals surface area contributed by atoms with E-state index in [9.17, 15) is 8.42 Å². The van der Waals surface area contributed by atoms with Crippen LogP contribution in [0.2, 0.25) is 0 Å². The van der Waals surface area contributed by atoms with Crippen LogP contribution < -0.4 is 0 Å². The van der Waals surface area contributed by atoms with Gasteiger partial charge in [-0.2, -0.15) is 0 Å². The largest absolute Gasteiger partial charge is 0.381 e. The molecule has 1 saturated heterocycles. The maximum atomic E-state index is 12.1. The molecule has 0 amide bonds. The summed E-state index contributed by atoms with van der Waals surface area (Å²) in [5, 5.41) is -0.306. The smallest absolute Gasteiger partial charge is 0.171 e. The first-order valence-electron chi connectivity index (χ1n) is 6.12. The second-order valence-electron chi connectivity index (χ2n) is 3.98. The van der Waals surface area contributed by atoms with Crippen molar-refractivity contribution >= 4 is 9.84 Å². The lowest BCUT2D eigenvalue weighted by Gasteiger charge is -2.24. The van der Waals surface area contributed by atoms with E-state index in [1.165, 1.54) is 0 Å². The van der Waals surface area contributed by atoms with E-state index < -0.39 is 16.1 Å². The predicted octanol–water partition coefficient (Wildman–Crippen LogP) is 0.979. The summed E-state index contributed by atoms with van der Waals surface area (Å²) in [5.41, 5.74) is 0.